The van der Waals surface area contributed by atoms with E-state index >= 15 is 0 Å². The van der Waals surface area contributed by atoms with Crippen molar-refractivity contribution in [3.63, 3.8) is 0 Å². The van der Waals surface area contributed by atoms with Crippen molar-refractivity contribution in [3.05, 3.63) is 0 Å². The maximum Gasteiger partial charge on any atom is 0.234 e. The van der Waals surface area contributed by atoms with Crippen LogP contribution in [0.4, 0.5) is 0 Å². The van der Waals surface area contributed by atoms with E-state index in [0.717, 1.165) is 32.6 Å². The number of likely N-dealkylation sites (tertiary alicyclic amines) is 1. The van der Waals surface area contributed by atoms with E-state index in [-0.39, 0.29) is 24.4 Å². The molecule has 5 heteroatoms. The van der Waals surface area contributed by atoms with Crippen molar-refractivity contribution in [1.29, 1.82) is 0 Å². The van der Waals surface area contributed by atoms with E-state index in [9.17, 15) is 4.79 Å². The minimum Gasteiger partial charge on any atom is -0.368 e. The van der Waals surface area contributed by atoms with Crippen LogP contribution in [0.1, 0.15) is 32.6 Å². The molecule has 18 heavy (non-hydrogen) atoms. The number of nitrogens with two attached hydrogens (primary N) is 1. The summed E-state index contributed by atoms with van der Waals surface area (Å²) < 4.78 is 0. The maximum atomic E-state index is 11.5. The van der Waals surface area contributed by atoms with Gasteiger partial charge in [0.15, 0.2) is 0 Å². The standard InChI is InChI=1S/C13H25N3O.ClH/c1-10-4-6-16(12(7-10)13(14)17)9-11-3-2-5-15-8-11;/h10-12,15H,2-9H2,1H3,(H2,14,17);1H. The summed E-state index contributed by atoms with van der Waals surface area (Å²) in [5.41, 5.74) is 5.53. The molecule has 2 rings (SSSR count). The molecule has 2 aliphatic rings. The fourth-order valence-electron chi connectivity index (χ4n) is 3.12. The number of amides is 1. The number of hydrogen-bond acceptors (Lipinski definition) is 3. The van der Waals surface area contributed by atoms with Crippen molar-refractivity contribution >= 4 is 18.3 Å². The topological polar surface area (TPSA) is 58.4 Å². The highest BCUT2D eigenvalue weighted by Crippen LogP contribution is 2.24. The Morgan fingerprint density at radius 2 is 2.22 bits per heavy atom. The predicted octanol–water partition coefficient (Wildman–Crippen LogP) is 0.994. The quantitative estimate of drug-likeness (QED) is 0.808. The summed E-state index contributed by atoms with van der Waals surface area (Å²) in [6.07, 6.45) is 4.68. The molecule has 1 amide bonds. The second-order valence-electron chi connectivity index (χ2n) is 5.76. The van der Waals surface area contributed by atoms with Crippen LogP contribution >= 0.6 is 12.4 Å². The largest absolute Gasteiger partial charge is 0.368 e. The van der Waals surface area contributed by atoms with Gasteiger partial charge in [-0.1, -0.05) is 6.92 Å². The number of carbonyl (C=O) groups excluding carboxylic acids is 1. The van der Waals surface area contributed by atoms with Crippen LogP contribution in [0.2, 0.25) is 0 Å². The normalized spacial score (nSPS) is 33.7. The number of carbonyl (C=O) groups is 1. The molecule has 0 aromatic carbocycles. The van der Waals surface area contributed by atoms with Crippen molar-refractivity contribution < 1.29 is 4.79 Å². The van der Waals surface area contributed by atoms with Crippen LogP contribution in [0.3, 0.4) is 0 Å². The highest BCUT2D eigenvalue weighted by Gasteiger charge is 2.31. The molecule has 0 aromatic rings. The number of primary amides is 1. The second-order valence-corrected chi connectivity index (χ2v) is 5.76. The van der Waals surface area contributed by atoms with E-state index in [1.54, 1.807) is 0 Å². The van der Waals surface area contributed by atoms with E-state index in [4.69, 9.17) is 5.73 Å². The lowest BCUT2D eigenvalue weighted by Gasteiger charge is -2.39. The summed E-state index contributed by atoms with van der Waals surface area (Å²) in [5, 5.41) is 3.43. The Morgan fingerprint density at radius 3 is 2.83 bits per heavy atom. The molecule has 106 valence electrons. The average molecular weight is 276 g/mol. The lowest BCUT2D eigenvalue weighted by Crippen LogP contribution is -2.52. The van der Waals surface area contributed by atoms with Crippen molar-refractivity contribution in [2.24, 2.45) is 17.6 Å². The van der Waals surface area contributed by atoms with Gasteiger partial charge in [-0.25, -0.2) is 0 Å². The molecule has 0 saturated carbocycles. The molecule has 4 nitrogen and oxygen atoms in total. The molecule has 0 radical (unpaired) electrons. The number of halogens is 1. The summed E-state index contributed by atoms with van der Waals surface area (Å²) in [6, 6.07) is -0.0272. The molecular weight excluding hydrogens is 250 g/mol. The van der Waals surface area contributed by atoms with Gasteiger partial charge in [0.05, 0.1) is 6.04 Å². The minimum absolute atomic E-state index is 0. The van der Waals surface area contributed by atoms with Gasteiger partial charge in [0.25, 0.3) is 0 Å². The highest BCUT2D eigenvalue weighted by molar-refractivity contribution is 5.85. The Labute approximate surface area is 116 Å². The Balaban J connectivity index is 0.00000162. The van der Waals surface area contributed by atoms with E-state index in [1.807, 2.05) is 0 Å². The number of nitrogens with zero attached hydrogens (tertiary/aromatic N) is 1. The van der Waals surface area contributed by atoms with Crippen LogP contribution in [0.15, 0.2) is 0 Å². The average Bonchev–Trinajstić information content (AvgIpc) is 2.32. The van der Waals surface area contributed by atoms with Gasteiger partial charge < -0.3 is 11.1 Å². The van der Waals surface area contributed by atoms with Crippen LogP contribution in [0.25, 0.3) is 0 Å². The monoisotopic (exact) mass is 275 g/mol. The fraction of sp³-hybridized carbons (Fsp3) is 0.923. The van der Waals surface area contributed by atoms with Crippen LogP contribution in [0.5, 0.6) is 0 Å². The number of hydrogen-bond donors (Lipinski definition) is 2. The van der Waals surface area contributed by atoms with E-state index in [0.29, 0.717) is 11.8 Å². The molecule has 0 spiro atoms. The first-order valence-electron chi connectivity index (χ1n) is 6.91. The van der Waals surface area contributed by atoms with Crippen molar-refractivity contribution in [3.8, 4) is 0 Å². The summed E-state index contributed by atoms with van der Waals surface area (Å²) in [4.78, 5) is 13.8. The van der Waals surface area contributed by atoms with Crippen LogP contribution < -0.4 is 11.1 Å². The molecule has 0 aliphatic carbocycles. The fourth-order valence-corrected chi connectivity index (χ4v) is 3.12. The third-order valence-electron chi connectivity index (χ3n) is 4.20. The minimum atomic E-state index is -0.139. The first kappa shape index (κ1) is 15.7. The SMILES string of the molecule is CC1CCN(CC2CCCNC2)C(C(N)=O)C1.Cl. The first-order valence-corrected chi connectivity index (χ1v) is 6.91. The number of piperidine rings is 2. The van der Waals surface area contributed by atoms with Gasteiger partial charge >= 0.3 is 0 Å². The Hall–Kier alpha value is -0.320. The molecular formula is C13H26ClN3O. The summed E-state index contributed by atoms with van der Waals surface area (Å²) in [6.45, 7) is 6.53. The zero-order valence-corrected chi connectivity index (χ0v) is 12.0. The smallest absolute Gasteiger partial charge is 0.234 e. The zero-order chi connectivity index (χ0) is 12.3. The second kappa shape index (κ2) is 7.31. The van der Waals surface area contributed by atoms with Gasteiger partial charge in [-0.05, 0) is 57.2 Å². The van der Waals surface area contributed by atoms with Gasteiger partial charge in [-0.2, -0.15) is 0 Å². The molecule has 3 N–H and O–H groups in total. The Kier molecular flexibility index (Phi) is 6.39. The van der Waals surface area contributed by atoms with Crippen LogP contribution in [-0.4, -0.2) is 43.0 Å². The van der Waals surface area contributed by atoms with Crippen LogP contribution in [-0.2, 0) is 4.79 Å². The maximum absolute atomic E-state index is 11.5. The Bertz CT molecular complexity index is 269. The first-order chi connectivity index (χ1) is 8.16. The molecule has 2 fully saturated rings. The van der Waals surface area contributed by atoms with Gasteiger partial charge in [0.1, 0.15) is 0 Å². The third kappa shape index (κ3) is 4.11. The van der Waals surface area contributed by atoms with Gasteiger partial charge in [0, 0.05) is 6.54 Å². The zero-order valence-electron chi connectivity index (χ0n) is 11.2. The van der Waals surface area contributed by atoms with Crippen molar-refractivity contribution in [1.82, 2.24) is 10.2 Å². The molecule has 3 atom stereocenters. The summed E-state index contributed by atoms with van der Waals surface area (Å²) in [7, 11) is 0. The van der Waals surface area contributed by atoms with Gasteiger partial charge in [0.2, 0.25) is 5.91 Å². The van der Waals surface area contributed by atoms with Gasteiger partial charge in [-0.3, -0.25) is 9.69 Å². The lowest BCUT2D eigenvalue weighted by molar-refractivity contribution is -0.125. The third-order valence-corrected chi connectivity index (χ3v) is 4.20. The molecule has 0 bridgehead atoms. The van der Waals surface area contributed by atoms with E-state index < -0.39 is 0 Å². The number of rotatable bonds is 3. The highest BCUT2D eigenvalue weighted by atomic mass is 35.5. The lowest BCUT2D eigenvalue weighted by atomic mass is 9.90. The van der Waals surface area contributed by atoms with Gasteiger partial charge in [-0.15, -0.1) is 12.4 Å². The molecule has 2 aliphatic heterocycles. The molecule has 0 aromatic heterocycles. The molecule has 2 heterocycles. The van der Waals surface area contributed by atoms with E-state index in [1.165, 1.54) is 19.3 Å². The number of nitrogens with one attached hydrogen (secondary N) is 1. The predicted molar refractivity (Wildman–Crippen MR) is 75.8 cm³/mol. The van der Waals surface area contributed by atoms with Crippen LogP contribution in [0, 0.1) is 11.8 Å². The van der Waals surface area contributed by atoms with Crippen molar-refractivity contribution in [2.75, 3.05) is 26.2 Å². The Morgan fingerprint density at radius 1 is 1.44 bits per heavy atom. The summed E-state index contributed by atoms with van der Waals surface area (Å²) >= 11 is 0. The van der Waals surface area contributed by atoms with Crippen molar-refractivity contribution in [2.45, 2.75) is 38.6 Å². The van der Waals surface area contributed by atoms with E-state index in [2.05, 4.69) is 17.1 Å². The molecule has 2 saturated heterocycles. The molecule has 3 unspecified atom stereocenters. The summed E-state index contributed by atoms with van der Waals surface area (Å²) in [5.74, 6) is 1.19.